The molecule has 1 aliphatic rings. The molecule has 7 nitrogen and oxygen atoms in total. The van der Waals surface area contributed by atoms with Crippen LogP contribution in [0.15, 0.2) is 73.1 Å². The highest BCUT2D eigenvalue weighted by Gasteiger charge is 2.40. The number of nitrogens with two attached hydrogens (primary N) is 1. The molecule has 5 N–H and O–H groups in total. The summed E-state index contributed by atoms with van der Waals surface area (Å²) in [5.41, 5.74) is 11.7. The third-order valence-corrected chi connectivity index (χ3v) is 6.21. The normalized spacial score (nSPS) is 17.5. The van der Waals surface area contributed by atoms with Crippen molar-refractivity contribution in [1.29, 1.82) is 0 Å². The lowest BCUT2D eigenvalue weighted by Gasteiger charge is -2.10. The summed E-state index contributed by atoms with van der Waals surface area (Å²) < 4.78 is 0. The van der Waals surface area contributed by atoms with Crippen LogP contribution in [0.2, 0.25) is 0 Å². The number of aromatic nitrogens is 5. The van der Waals surface area contributed by atoms with E-state index < -0.39 is 0 Å². The third-order valence-electron chi connectivity index (χ3n) is 6.21. The van der Waals surface area contributed by atoms with Crippen LogP contribution in [0.3, 0.4) is 0 Å². The second-order valence-corrected chi connectivity index (χ2v) is 8.33. The quantitative estimate of drug-likeness (QED) is 0.313. The van der Waals surface area contributed by atoms with Gasteiger partial charge in [0.2, 0.25) is 5.95 Å². The van der Waals surface area contributed by atoms with Crippen molar-refractivity contribution in [2.24, 2.45) is 0 Å². The van der Waals surface area contributed by atoms with Gasteiger partial charge < -0.3 is 16.0 Å². The Bertz CT molecular complexity index is 1390. The highest BCUT2D eigenvalue weighted by molar-refractivity contribution is 5.83. The molecule has 3 heterocycles. The van der Waals surface area contributed by atoms with E-state index in [9.17, 15) is 0 Å². The van der Waals surface area contributed by atoms with Gasteiger partial charge in [0.15, 0.2) is 5.82 Å². The number of nitrogen functional groups attached to an aromatic ring is 1. The number of benzene rings is 2. The number of hydrogen-bond donors (Lipinski definition) is 4. The van der Waals surface area contributed by atoms with E-state index in [1.807, 2.05) is 6.20 Å². The monoisotopic (exact) mass is 421 g/mol. The van der Waals surface area contributed by atoms with Crippen molar-refractivity contribution in [1.82, 2.24) is 25.1 Å². The van der Waals surface area contributed by atoms with Crippen LogP contribution in [0.4, 0.5) is 17.6 Å². The minimum atomic E-state index is 0.234. The second kappa shape index (κ2) is 7.53. The van der Waals surface area contributed by atoms with Crippen LogP contribution in [0.1, 0.15) is 40.6 Å². The number of H-pyrrole nitrogens is 2. The van der Waals surface area contributed by atoms with Gasteiger partial charge in [-0.05, 0) is 35.6 Å². The molecule has 0 saturated heterocycles. The minimum absolute atomic E-state index is 0.234. The van der Waals surface area contributed by atoms with Crippen LogP contribution >= 0.6 is 0 Å². The summed E-state index contributed by atoms with van der Waals surface area (Å²) in [4.78, 5) is 11.9. The summed E-state index contributed by atoms with van der Waals surface area (Å²) in [6.07, 6.45) is 5.57. The lowest BCUT2D eigenvalue weighted by Crippen LogP contribution is -2.05. The molecule has 32 heavy (non-hydrogen) atoms. The smallest absolute Gasteiger partial charge is 0.221 e. The van der Waals surface area contributed by atoms with Crippen LogP contribution in [0.5, 0.6) is 0 Å². The second-order valence-electron chi connectivity index (χ2n) is 8.33. The maximum atomic E-state index is 5.90. The van der Waals surface area contributed by atoms with Crippen LogP contribution in [-0.2, 0) is 6.42 Å². The fourth-order valence-corrected chi connectivity index (χ4v) is 4.49. The summed E-state index contributed by atoms with van der Waals surface area (Å²) in [6.45, 7) is 0. The summed E-state index contributed by atoms with van der Waals surface area (Å²) in [5.74, 6) is 2.67. The van der Waals surface area contributed by atoms with Gasteiger partial charge in [-0.3, -0.25) is 5.10 Å². The van der Waals surface area contributed by atoms with Gasteiger partial charge in [0.1, 0.15) is 5.82 Å². The number of nitrogens with zero attached hydrogens (tertiary/aromatic N) is 3. The molecule has 0 amide bonds. The van der Waals surface area contributed by atoms with Gasteiger partial charge in [0.05, 0.1) is 0 Å². The molecule has 1 saturated carbocycles. The molecule has 1 fully saturated rings. The molecular formula is C25H23N7. The zero-order valence-corrected chi connectivity index (χ0v) is 17.4. The maximum Gasteiger partial charge on any atom is 0.221 e. The molecule has 0 aliphatic heterocycles. The molecule has 3 aromatic heterocycles. The van der Waals surface area contributed by atoms with Crippen molar-refractivity contribution in [2.45, 2.75) is 24.7 Å². The molecule has 5 aromatic rings. The maximum absolute atomic E-state index is 5.90. The Kier molecular flexibility index (Phi) is 4.38. The van der Waals surface area contributed by atoms with Crippen LogP contribution in [0, 0.1) is 0 Å². The highest BCUT2D eigenvalue weighted by Crippen LogP contribution is 2.54. The first-order valence-corrected chi connectivity index (χ1v) is 10.8. The molecule has 158 valence electrons. The largest absolute Gasteiger partial charge is 0.368 e. The van der Waals surface area contributed by atoms with Crippen LogP contribution in [-0.4, -0.2) is 25.1 Å². The van der Waals surface area contributed by atoms with E-state index in [4.69, 9.17) is 5.73 Å². The van der Waals surface area contributed by atoms with Crippen molar-refractivity contribution >= 4 is 28.5 Å². The fourth-order valence-electron chi connectivity index (χ4n) is 4.49. The molecular weight excluding hydrogens is 398 g/mol. The Labute approximate surface area is 185 Å². The zero-order chi connectivity index (χ0) is 21.5. The Balaban J connectivity index is 1.24. The number of hydrogen-bond acceptors (Lipinski definition) is 5. The van der Waals surface area contributed by atoms with Gasteiger partial charge >= 0.3 is 0 Å². The lowest BCUT2D eigenvalue weighted by molar-refractivity contribution is 0.933. The predicted octanol–water partition coefficient (Wildman–Crippen LogP) is 4.87. The van der Waals surface area contributed by atoms with Gasteiger partial charge in [-0.1, -0.05) is 42.5 Å². The number of fused-ring (bicyclic) bond motifs is 1. The van der Waals surface area contributed by atoms with Crippen LogP contribution in [0.25, 0.3) is 10.9 Å². The van der Waals surface area contributed by atoms with Gasteiger partial charge in [-0.2, -0.15) is 10.1 Å². The van der Waals surface area contributed by atoms with E-state index in [0.29, 0.717) is 24.1 Å². The van der Waals surface area contributed by atoms with E-state index >= 15 is 0 Å². The first-order chi connectivity index (χ1) is 15.7. The van der Waals surface area contributed by atoms with Gasteiger partial charge in [-0.25, -0.2) is 4.98 Å². The number of rotatable bonds is 6. The first-order valence-electron chi connectivity index (χ1n) is 10.8. The summed E-state index contributed by atoms with van der Waals surface area (Å²) in [7, 11) is 0. The van der Waals surface area contributed by atoms with Crippen molar-refractivity contribution in [3.8, 4) is 0 Å². The lowest BCUT2D eigenvalue weighted by atomic mass is 10.0. The average Bonchev–Trinajstić information content (AvgIpc) is 3.22. The molecule has 7 heteroatoms. The van der Waals surface area contributed by atoms with Gasteiger partial charge in [-0.15, -0.1) is 0 Å². The highest BCUT2D eigenvalue weighted by atomic mass is 15.2. The predicted molar refractivity (Wildman–Crippen MR) is 126 cm³/mol. The number of aromatic amines is 2. The van der Waals surface area contributed by atoms with E-state index in [-0.39, 0.29) is 5.95 Å². The topological polar surface area (TPSA) is 108 Å². The third kappa shape index (κ3) is 3.47. The Morgan fingerprint density at radius 3 is 2.81 bits per heavy atom. The number of anilines is 3. The SMILES string of the molecule is Nc1ncc(Cc2cccc3[nH]ccc23)c(Nc2cc(C3CC3c3ccccc3)[nH]n2)n1. The Hall–Kier alpha value is -4.13. The molecule has 2 atom stereocenters. The van der Waals surface area contributed by atoms with E-state index in [1.165, 1.54) is 16.5 Å². The zero-order valence-electron chi connectivity index (χ0n) is 17.4. The van der Waals surface area contributed by atoms with Crippen LogP contribution < -0.4 is 11.1 Å². The molecule has 0 spiro atoms. The molecule has 0 radical (unpaired) electrons. The Morgan fingerprint density at radius 2 is 1.91 bits per heavy atom. The van der Waals surface area contributed by atoms with E-state index in [0.717, 1.165) is 29.0 Å². The molecule has 6 rings (SSSR count). The molecule has 2 aromatic carbocycles. The summed E-state index contributed by atoms with van der Waals surface area (Å²) in [5, 5.41) is 12.2. The average molecular weight is 422 g/mol. The van der Waals surface area contributed by atoms with Crippen molar-refractivity contribution < 1.29 is 0 Å². The van der Waals surface area contributed by atoms with E-state index in [1.54, 1.807) is 6.20 Å². The number of nitrogens with one attached hydrogen (secondary N) is 3. The summed E-state index contributed by atoms with van der Waals surface area (Å²) in [6, 6.07) is 21.1. The fraction of sp³-hybridized carbons (Fsp3) is 0.160. The van der Waals surface area contributed by atoms with Gasteiger partial charge in [0, 0.05) is 53.0 Å². The molecule has 2 unspecified atom stereocenters. The minimum Gasteiger partial charge on any atom is -0.368 e. The van der Waals surface area contributed by atoms with Gasteiger partial charge in [0.25, 0.3) is 0 Å². The Morgan fingerprint density at radius 1 is 1.00 bits per heavy atom. The van der Waals surface area contributed by atoms with Crippen molar-refractivity contribution in [2.75, 3.05) is 11.1 Å². The van der Waals surface area contributed by atoms with Crippen molar-refractivity contribution in [3.05, 3.63) is 95.4 Å². The van der Waals surface area contributed by atoms with Crippen molar-refractivity contribution in [3.63, 3.8) is 0 Å². The molecule has 0 bridgehead atoms. The summed E-state index contributed by atoms with van der Waals surface area (Å²) >= 11 is 0. The standard InChI is InChI=1S/C25H23N7/c26-25-28-14-17(11-16-7-4-8-21-18(16)9-10-27-21)24(30-25)29-23-13-22(31-32-23)20-12-19(20)15-5-2-1-3-6-15/h1-10,13-14,19-20,27H,11-12H2,(H4,26,28,29,30,31,32). The molecule has 1 aliphatic carbocycles. The van der Waals surface area contributed by atoms with E-state index in [2.05, 4.69) is 91.1 Å². The first kappa shape index (κ1) is 18.6.